The number of hydrogen-bond donors (Lipinski definition) is 0. The minimum Gasteiger partial charge on any atom is -0.466 e. The summed E-state index contributed by atoms with van der Waals surface area (Å²) < 4.78 is 10.2. The number of carbonyl (C=O) groups is 1. The molecule has 0 spiro atoms. The van der Waals surface area contributed by atoms with Crippen LogP contribution in [-0.4, -0.2) is 12.1 Å². The Morgan fingerprint density at radius 2 is 2.08 bits per heavy atom. The number of esters is 1. The molecule has 1 aromatic rings. The second kappa shape index (κ2) is 3.64. The Kier molecular flexibility index (Phi) is 2.76. The van der Waals surface area contributed by atoms with Gasteiger partial charge in [0.05, 0.1) is 6.10 Å². The van der Waals surface area contributed by atoms with Crippen molar-refractivity contribution >= 4 is 5.97 Å². The minimum atomic E-state index is -0.315. The van der Waals surface area contributed by atoms with Crippen LogP contribution >= 0.6 is 0 Å². The summed E-state index contributed by atoms with van der Waals surface area (Å²) in [4.78, 5) is 11.4. The molecule has 0 fully saturated rings. The second-order valence-corrected chi connectivity index (χ2v) is 3.28. The lowest BCUT2D eigenvalue weighted by molar-refractivity contribution is 0.0376. The molecule has 1 aromatic heterocycles. The van der Waals surface area contributed by atoms with Gasteiger partial charge in [0, 0.05) is 0 Å². The lowest BCUT2D eigenvalue weighted by Crippen LogP contribution is -2.11. The van der Waals surface area contributed by atoms with Crippen LogP contribution in [-0.2, 0) is 4.74 Å². The molecule has 0 aliphatic carbocycles. The minimum absolute atomic E-state index is 0.0953. The third-order valence-corrected chi connectivity index (χ3v) is 1.60. The lowest BCUT2D eigenvalue weighted by Gasteiger charge is -2.05. The van der Waals surface area contributed by atoms with Crippen LogP contribution in [0, 0.1) is 13.8 Å². The topological polar surface area (TPSA) is 39.4 Å². The zero-order valence-electron chi connectivity index (χ0n) is 8.38. The summed E-state index contributed by atoms with van der Waals surface area (Å²) in [6, 6.07) is 1.69. The van der Waals surface area contributed by atoms with E-state index in [1.54, 1.807) is 19.9 Å². The van der Waals surface area contributed by atoms with Crippen molar-refractivity contribution in [2.24, 2.45) is 0 Å². The van der Waals surface area contributed by atoms with Crippen LogP contribution in [0.1, 0.15) is 35.7 Å². The Morgan fingerprint density at radius 3 is 2.46 bits per heavy atom. The molecule has 0 unspecified atom stereocenters. The van der Waals surface area contributed by atoms with Crippen molar-refractivity contribution in [3.8, 4) is 0 Å². The van der Waals surface area contributed by atoms with Crippen LogP contribution < -0.4 is 0 Å². The molecule has 0 amide bonds. The highest BCUT2D eigenvalue weighted by Gasteiger charge is 2.15. The van der Waals surface area contributed by atoms with Crippen LogP contribution in [0.25, 0.3) is 0 Å². The van der Waals surface area contributed by atoms with Gasteiger partial charge in [-0.15, -0.1) is 0 Å². The Bertz CT molecular complexity index is 310. The fraction of sp³-hybridized carbons (Fsp3) is 0.500. The molecular formula is C10H14O3. The molecular weight excluding hydrogens is 168 g/mol. The van der Waals surface area contributed by atoms with Crippen molar-refractivity contribution in [1.82, 2.24) is 0 Å². The zero-order valence-corrected chi connectivity index (χ0v) is 8.38. The van der Waals surface area contributed by atoms with Crippen molar-refractivity contribution in [1.29, 1.82) is 0 Å². The van der Waals surface area contributed by atoms with Crippen LogP contribution in [0.5, 0.6) is 0 Å². The van der Waals surface area contributed by atoms with E-state index in [0.29, 0.717) is 11.3 Å². The monoisotopic (exact) mass is 182 g/mol. The number of carbonyl (C=O) groups excluding carboxylic acids is 1. The fourth-order valence-corrected chi connectivity index (χ4v) is 1.11. The van der Waals surface area contributed by atoms with Gasteiger partial charge in [0.2, 0.25) is 0 Å². The summed E-state index contributed by atoms with van der Waals surface area (Å²) in [5, 5.41) is 0. The molecule has 0 saturated carbocycles. The van der Waals surface area contributed by atoms with E-state index in [4.69, 9.17) is 9.15 Å². The van der Waals surface area contributed by atoms with Crippen molar-refractivity contribution in [2.45, 2.75) is 33.8 Å². The van der Waals surface area contributed by atoms with E-state index >= 15 is 0 Å². The van der Waals surface area contributed by atoms with Crippen molar-refractivity contribution in [3.63, 3.8) is 0 Å². The van der Waals surface area contributed by atoms with Crippen LogP contribution in [0.15, 0.2) is 10.5 Å². The van der Waals surface area contributed by atoms with Crippen LogP contribution in [0.4, 0.5) is 0 Å². The van der Waals surface area contributed by atoms with Gasteiger partial charge in [-0.25, -0.2) is 4.79 Å². The van der Waals surface area contributed by atoms with E-state index in [1.165, 1.54) is 0 Å². The third-order valence-electron chi connectivity index (χ3n) is 1.60. The summed E-state index contributed by atoms with van der Waals surface area (Å²) in [5.41, 5.74) is 0.520. The van der Waals surface area contributed by atoms with Gasteiger partial charge in [-0.3, -0.25) is 0 Å². The summed E-state index contributed by atoms with van der Waals surface area (Å²) in [6.45, 7) is 7.20. The molecule has 0 radical (unpaired) electrons. The highest BCUT2D eigenvalue weighted by atomic mass is 16.5. The molecule has 0 aliphatic heterocycles. The predicted octanol–water partition coefficient (Wildman–Crippen LogP) is 2.46. The number of aryl methyl sites for hydroxylation is 2. The first kappa shape index (κ1) is 9.84. The van der Waals surface area contributed by atoms with Crippen molar-refractivity contribution in [3.05, 3.63) is 23.2 Å². The molecule has 0 atom stereocenters. The summed E-state index contributed by atoms with van der Waals surface area (Å²) >= 11 is 0. The van der Waals surface area contributed by atoms with Gasteiger partial charge in [0.1, 0.15) is 17.1 Å². The summed E-state index contributed by atoms with van der Waals surface area (Å²) in [5.74, 6) is 1.03. The highest BCUT2D eigenvalue weighted by Crippen LogP contribution is 2.15. The van der Waals surface area contributed by atoms with Gasteiger partial charge in [-0.2, -0.15) is 0 Å². The molecule has 0 aromatic carbocycles. The Morgan fingerprint density at radius 1 is 1.46 bits per heavy atom. The first-order valence-electron chi connectivity index (χ1n) is 4.28. The summed E-state index contributed by atoms with van der Waals surface area (Å²) in [6.07, 6.45) is -0.0953. The molecule has 72 valence electrons. The SMILES string of the molecule is Cc1cc(C(=O)OC(C)C)c(C)o1. The van der Waals surface area contributed by atoms with Crippen molar-refractivity contribution in [2.75, 3.05) is 0 Å². The van der Waals surface area contributed by atoms with E-state index in [0.717, 1.165) is 5.76 Å². The van der Waals surface area contributed by atoms with Crippen LogP contribution in [0.3, 0.4) is 0 Å². The molecule has 0 N–H and O–H groups in total. The van der Waals surface area contributed by atoms with Gasteiger partial charge in [0.25, 0.3) is 0 Å². The molecule has 0 saturated heterocycles. The fourth-order valence-electron chi connectivity index (χ4n) is 1.11. The standard InChI is InChI=1S/C10H14O3/c1-6(2)12-10(11)9-5-7(3)13-8(9)4/h5-6H,1-4H3. The van der Waals surface area contributed by atoms with Gasteiger partial charge in [0.15, 0.2) is 0 Å². The summed E-state index contributed by atoms with van der Waals surface area (Å²) in [7, 11) is 0. The van der Waals surface area contributed by atoms with Gasteiger partial charge in [-0.1, -0.05) is 0 Å². The molecule has 13 heavy (non-hydrogen) atoms. The first-order valence-corrected chi connectivity index (χ1v) is 4.28. The quantitative estimate of drug-likeness (QED) is 0.659. The first-order chi connectivity index (χ1) is 6.00. The van der Waals surface area contributed by atoms with E-state index in [2.05, 4.69) is 0 Å². The molecule has 1 rings (SSSR count). The van der Waals surface area contributed by atoms with E-state index in [9.17, 15) is 4.79 Å². The average molecular weight is 182 g/mol. The third kappa shape index (κ3) is 2.34. The maximum Gasteiger partial charge on any atom is 0.341 e. The predicted molar refractivity (Wildman–Crippen MR) is 48.7 cm³/mol. The molecule has 0 bridgehead atoms. The van der Waals surface area contributed by atoms with E-state index in [1.807, 2.05) is 13.8 Å². The smallest absolute Gasteiger partial charge is 0.341 e. The Hall–Kier alpha value is -1.25. The molecule has 3 nitrogen and oxygen atoms in total. The Labute approximate surface area is 77.7 Å². The van der Waals surface area contributed by atoms with Gasteiger partial charge in [-0.05, 0) is 33.8 Å². The number of ether oxygens (including phenoxy) is 1. The second-order valence-electron chi connectivity index (χ2n) is 3.28. The molecule has 3 heteroatoms. The zero-order chi connectivity index (χ0) is 10.0. The van der Waals surface area contributed by atoms with Crippen molar-refractivity contribution < 1.29 is 13.9 Å². The molecule has 0 aliphatic rings. The van der Waals surface area contributed by atoms with Crippen LogP contribution in [0.2, 0.25) is 0 Å². The van der Waals surface area contributed by atoms with Gasteiger partial charge < -0.3 is 9.15 Å². The molecule has 1 heterocycles. The lowest BCUT2D eigenvalue weighted by atomic mass is 10.2. The Balaban J connectivity index is 2.82. The largest absolute Gasteiger partial charge is 0.466 e. The highest BCUT2D eigenvalue weighted by molar-refractivity contribution is 5.90. The normalized spacial score (nSPS) is 10.5. The maximum atomic E-state index is 11.4. The van der Waals surface area contributed by atoms with E-state index in [-0.39, 0.29) is 12.1 Å². The number of hydrogen-bond acceptors (Lipinski definition) is 3. The van der Waals surface area contributed by atoms with E-state index < -0.39 is 0 Å². The van der Waals surface area contributed by atoms with Gasteiger partial charge >= 0.3 is 5.97 Å². The maximum absolute atomic E-state index is 11.4. The number of rotatable bonds is 2. The number of furan rings is 1. The average Bonchev–Trinajstić information content (AvgIpc) is 2.28.